The number of ether oxygens (including phenoxy) is 1. The van der Waals surface area contributed by atoms with Crippen LogP contribution in [0.15, 0.2) is 9.85 Å². The number of aryl methyl sites for hydroxylation is 1. The molecule has 0 saturated carbocycles. The lowest BCUT2D eigenvalue weighted by atomic mass is 10.0. The first-order valence-corrected chi connectivity index (χ1v) is 7.94. The first-order valence-electron chi connectivity index (χ1n) is 6.33. The number of rotatable bonds is 4. The highest BCUT2D eigenvalue weighted by molar-refractivity contribution is 9.11. The molecule has 1 amide bonds. The van der Waals surface area contributed by atoms with Crippen LogP contribution in [0.25, 0.3) is 0 Å². The van der Waals surface area contributed by atoms with Gasteiger partial charge in [0.05, 0.1) is 27.9 Å². The fraction of sp³-hybridized carbons (Fsp3) is 0.538. The molecule has 1 saturated heterocycles. The quantitative estimate of drug-likeness (QED) is 0.893. The van der Waals surface area contributed by atoms with Gasteiger partial charge in [-0.15, -0.1) is 11.3 Å². The van der Waals surface area contributed by atoms with E-state index < -0.39 is 17.9 Å². The monoisotopic (exact) mass is 361 g/mol. The summed E-state index contributed by atoms with van der Waals surface area (Å²) in [5.41, 5.74) is 1.01. The summed E-state index contributed by atoms with van der Waals surface area (Å²) in [7, 11) is 0. The minimum atomic E-state index is -0.915. The molecule has 2 unspecified atom stereocenters. The van der Waals surface area contributed by atoms with Gasteiger partial charge in [-0.05, 0) is 41.4 Å². The van der Waals surface area contributed by atoms with E-state index in [9.17, 15) is 14.7 Å². The van der Waals surface area contributed by atoms with Crippen LogP contribution in [-0.2, 0) is 9.53 Å². The third kappa shape index (κ3) is 2.89. The van der Waals surface area contributed by atoms with Gasteiger partial charge in [0.1, 0.15) is 5.92 Å². The number of hydrogen-bond donors (Lipinski definition) is 1. The maximum atomic E-state index is 12.6. The third-order valence-electron chi connectivity index (χ3n) is 3.44. The normalized spacial score (nSPS) is 21.9. The maximum Gasteiger partial charge on any atom is 0.311 e. The highest BCUT2D eigenvalue weighted by Crippen LogP contribution is 2.30. The van der Waals surface area contributed by atoms with Gasteiger partial charge in [-0.2, -0.15) is 0 Å². The van der Waals surface area contributed by atoms with Crippen LogP contribution < -0.4 is 0 Å². The predicted octanol–water partition coefficient (Wildman–Crippen LogP) is 2.38. The van der Waals surface area contributed by atoms with Crippen molar-refractivity contribution in [1.29, 1.82) is 0 Å². The fourth-order valence-electron chi connectivity index (χ4n) is 2.32. The minimum absolute atomic E-state index is 0.131. The number of likely N-dealkylation sites (N-methyl/N-ethyl adjacent to an activating group) is 1. The third-order valence-corrected chi connectivity index (χ3v) is 5.56. The summed E-state index contributed by atoms with van der Waals surface area (Å²) in [6.45, 7) is 4.68. The van der Waals surface area contributed by atoms with Gasteiger partial charge in [-0.3, -0.25) is 9.59 Å². The van der Waals surface area contributed by atoms with Crippen molar-refractivity contribution in [1.82, 2.24) is 4.90 Å². The molecule has 0 aliphatic carbocycles. The Labute approximate surface area is 129 Å². The van der Waals surface area contributed by atoms with Crippen LogP contribution in [0, 0.1) is 12.8 Å². The van der Waals surface area contributed by atoms with E-state index in [2.05, 4.69) is 15.9 Å². The van der Waals surface area contributed by atoms with Crippen LogP contribution in [0.4, 0.5) is 0 Å². The molecular weight excluding hydrogens is 346 g/mol. The minimum Gasteiger partial charge on any atom is -0.481 e. The van der Waals surface area contributed by atoms with Crippen molar-refractivity contribution in [2.75, 3.05) is 19.8 Å². The van der Waals surface area contributed by atoms with Gasteiger partial charge in [-0.25, -0.2) is 0 Å². The SMILES string of the molecule is CCN(C(=O)c1cc(C)c(Br)s1)C1COCC1C(=O)O. The molecule has 2 heterocycles. The van der Waals surface area contributed by atoms with Crippen LogP contribution >= 0.6 is 27.3 Å². The van der Waals surface area contributed by atoms with Crippen molar-refractivity contribution < 1.29 is 19.4 Å². The molecule has 0 aromatic carbocycles. The first-order chi connectivity index (χ1) is 9.45. The predicted molar refractivity (Wildman–Crippen MR) is 79.2 cm³/mol. The van der Waals surface area contributed by atoms with Gasteiger partial charge in [0.15, 0.2) is 0 Å². The highest BCUT2D eigenvalue weighted by atomic mass is 79.9. The fourth-order valence-corrected chi connectivity index (χ4v) is 3.81. The summed E-state index contributed by atoms with van der Waals surface area (Å²) in [6, 6.07) is 1.43. The second-order valence-corrected chi connectivity index (χ2v) is 7.08. The standard InChI is InChI=1S/C13H16BrNO4S/c1-3-15(9-6-19-5-8(9)13(17)18)12(16)10-4-7(2)11(14)20-10/h4,8-9H,3,5-6H2,1-2H3,(H,17,18). The number of halogens is 1. The lowest BCUT2D eigenvalue weighted by Gasteiger charge is -2.28. The molecule has 1 fully saturated rings. The van der Waals surface area contributed by atoms with E-state index in [1.54, 1.807) is 4.90 Å². The van der Waals surface area contributed by atoms with E-state index in [1.807, 2.05) is 19.9 Å². The summed E-state index contributed by atoms with van der Waals surface area (Å²) in [6.07, 6.45) is 0. The zero-order chi connectivity index (χ0) is 14.9. The molecule has 110 valence electrons. The second kappa shape index (κ2) is 6.24. The summed E-state index contributed by atoms with van der Waals surface area (Å²) < 4.78 is 6.17. The lowest BCUT2D eigenvalue weighted by Crippen LogP contribution is -2.46. The van der Waals surface area contributed by atoms with E-state index in [4.69, 9.17) is 4.74 Å². The molecule has 1 aliphatic rings. The topological polar surface area (TPSA) is 66.8 Å². The Morgan fingerprint density at radius 3 is 2.75 bits per heavy atom. The van der Waals surface area contributed by atoms with Gasteiger partial charge < -0.3 is 14.7 Å². The number of hydrogen-bond acceptors (Lipinski definition) is 4. The van der Waals surface area contributed by atoms with E-state index in [0.29, 0.717) is 11.4 Å². The lowest BCUT2D eigenvalue weighted by molar-refractivity contribution is -0.142. The number of carboxylic acids is 1. The number of amides is 1. The van der Waals surface area contributed by atoms with E-state index in [1.165, 1.54) is 11.3 Å². The average molecular weight is 362 g/mol. The molecule has 0 spiro atoms. The Hall–Kier alpha value is -0.920. The van der Waals surface area contributed by atoms with Crippen molar-refractivity contribution in [2.24, 2.45) is 5.92 Å². The van der Waals surface area contributed by atoms with E-state index >= 15 is 0 Å². The van der Waals surface area contributed by atoms with E-state index in [-0.39, 0.29) is 19.1 Å². The average Bonchev–Trinajstić information content (AvgIpc) is 2.98. The van der Waals surface area contributed by atoms with Crippen LogP contribution in [0.3, 0.4) is 0 Å². The Kier molecular flexibility index (Phi) is 4.82. The van der Waals surface area contributed by atoms with Crippen molar-refractivity contribution in [3.05, 3.63) is 20.3 Å². The van der Waals surface area contributed by atoms with Crippen LogP contribution in [0.2, 0.25) is 0 Å². The molecular formula is C13H16BrNO4S. The molecule has 7 heteroatoms. The van der Waals surface area contributed by atoms with Crippen LogP contribution in [-0.4, -0.2) is 47.7 Å². The zero-order valence-electron chi connectivity index (χ0n) is 11.3. The van der Waals surface area contributed by atoms with Crippen molar-refractivity contribution in [3.63, 3.8) is 0 Å². The number of aliphatic carboxylic acids is 1. The van der Waals surface area contributed by atoms with Gasteiger partial charge in [-0.1, -0.05) is 0 Å². The molecule has 1 aliphatic heterocycles. The Morgan fingerprint density at radius 1 is 1.55 bits per heavy atom. The largest absolute Gasteiger partial charge is 0.481 e. The van der Waals surface area contributed by atoms with Crippen molar-refractivity contribution in [3.8, 4) is 0 Å². The van der Waals surface area contributed by atoms with Gasteiger partial charge in [0, 0.05) is 6.54 Å². The Bertz CT molecular complexity index is 511. The van der Waals surface area contributed by atoms with Crippen LogP contribution in [0.5, 0.6) is 0 Å². The molecule has 1 aromatic rings. The van der Waals surface area contributed by atoms with E-state index in [0.717, 1.165) is 9.35 Å². The van der Waals surface area contributed by atoms with Crippen molar-refractivity contribution in [2.45, 2.75) is 19.9 Å². The first kappa shape index (κ1) is 15.5. The molecule has 1 aromatic heterocycles. The number of carboxylic acid groups (broad SMARTS) is 1. The molecule has 0 radical (unpaired) electrons. The molecule has 2 rings (SSSR count). The summed E-state index contributed by atoms with van der Waals surface area (Å²) in [5.74, 6) is -1.70. The van der Waals surface area contributed by atoms with Crippen molar-refractivity contribution >= 4 is 39.1 Å². The smallest absolute Gasteiger partial charge is 0.311 e. The number of carbonyl (C=O) groups excluding carboxylic acids is 1. The molecule has 0 bridgehead atoms. The number of nitrogens with zero attached hydrogens (tertiary/aromatic N) is 1. The summed E-state index contributed by atoms with van der Waals surface area (Å²) >= 11 is 4.77. The molecule has 5 nitrogen and oxygen atoms in total. The molecule has 20 heavy (non-hydrogen) atoms. The van der Waals surface area contributed by atoms with Gasteiger partial charge in [0.2, 0.25) is 0 Å². The highest BCUT2D eigenvalue weighted by Gasteiger charge is 2.40. The van der Waals surface area contributed by atoms with Gasteiger partial charge in [0.25, 0.3) is 5.91 Å². The summed E-state index contributed by atoms with van der Waals surface area (Å²) in [4.78, 5) is 26.0. The van der Waals surface area contributed by atoms with Gasteiger partial charge >= 0.3 is 5.97 Å². The second-order valence-electron chi connectivity index (χ2n) is 4.71. The Balaban J connectivity index is 2.23. The maximum absolute atomic E-state index is 12.6. The summed E-state index contributed by atoms with van der Waals surface area (Å²) in [5, 5.41) is 9.21. The number of carbonyl (C=O) groups is 2. The van der Waals surface area contributed by atoms with Crippen LogP contribution in [0.1, 0.15) is 22.2 Å². The Morgan fingerprint density at radius 2 is 2.25 bits per heavy atom. The number of thiophene rings is 1. The molecule has 1 N–H and O–H groups in total. The molecule has 2 atom stereocenters. The zero-order valence-corrected chi connectivity index (χ0v) is 13.7.